The fourth-order valence-electron chi connectivity index (χ4n) is 7.49. The molecule has 1 amide bonds. The predicted octanol–water partition coefficient (Wildman–Crippen LogP) is 14.3. The Kier molecular flexibility index (Phi) is 43.1. The lowest BCUT2D eigenvalue weighted by Gasteiger charge is -2.24. The van der Waals surface area contributed by atoms with Crippen LogP contribution >= 0.6 is 0 Å². The van der Waals surface area contributed by atoms with Crippen molar-refractivity contribution in [1.29, 1.82) is 0 Å². The van der Waals surface area contributed by atoms with Crippen LogP contribution in [0.2, 0.25) is 0 Å². The summed E-state index contributed by atoms with van der Waals surface area (Å²) < 4.78 is 5.89. The summed E-state index contributed by atoms with van der Waals surface area (Å²) in [5.74, 6) is -0.491. The topological polar surface area (TPSA) is 95.9 Å². The molecule has 0 heterocycles. The van der Waals surface area contributed by atoms with Crippen molar-refractivity contribution in [2.45, 2.75) is 277 Å². The Morgan fingerprint density at radius 2 is 0.893 bits per heavy atom. The number of allylic oxidation sites excluding steroid dienone is 4. The van der Waals surface area contributed by atoms with Crippen molar-refractivity contribution in [3.8, 4) is 0 Å². The van der Waals surface area contributed by atoms with Gasteiger partial charge in [0.1, 0.15) is 6.10 Å². The average molecular weight is 790 g/mol. The minimum atomic E-state index is -0.787. The zero-order valence-electron chi connectivity index (χ0n) is 37.5. The molecular weight excluding hydrogens is 695 g/mol. The number of aliphatic hydroxyl groups is 2. The predicted molar refractivity (Wildman–Crippen MR) is 241 cm³/mol. The molecule has 3 unspecified atom stereocenters. The molecule has 6 heteroatoms. The van der Waals surface area contributed by atoms with E-state index in [1.807, 2.05) is 0 Å². The van der Waals surface area contributed by atoms with Crippen molar-refractivity contribution in [1.82, 2.24) is 5.32 Å². The Labute approximate surface area is 348 Å². The maximum atomic E-state index is 13.1. The number of amides is 1. The third-order valence-electron chi connectivity index (χ3n) is 11.2. The fraction of sp³-hybridized carbons (Fsp3) is 0.880. The highest BCUT2D eigenvalue weighted by Crippen LogP contribution is 2.17. The minimum Gasteiger partial charge on any atom is -0.462 e. The Morgan fingerprint density at radius 3 is 1.38 bits per heavy atom. The quantitative estimate of drug-likeness (QED) is 0.0324. The summed E-state index contributed by atoms with van der Waals surface area (Å²) in [7, 11) is 0. The first-order chi connectivity index (χ1) is 27.5. The Balaban J connectivity index is 4.42. The van der Waals surface area contributed by atoms with Gasteiger partial charge in [-0.05, 0) is 70.6 Å². The Morgan fingerprint density at radius 1 is 0.500 bits per heavy atom. The van der Waals surface area contributed by atoms with Gasteiger partial charge in [0.25, 0.3) is 0 Å². The first kappa shape index (κ1) is 54.3. The van der Waals surface area contributed by atoms with Gasteiger partial charge in [-0.3, -0.25) is 9.59 Å². The van der Waals surface area contributed by atoms with Crippen LogP contribution in [0.25, 0.3) is 0 Å². The van der Waals surface area contributed by atoms with Gasteiger partial charge in [0.05, 0.1) is 25.2 Å². The van der Waals surface area contributed by atoms with Gasteiger partial charge in [-0.1, -0.05) is 199 Å². The summed E-state index contributed by atoms with van der Waals surface area (Å²) in [5.41, 5.74) is 0. The van der Waals surface area contributed by atoms with Crippen LogP contribution in [0.15, 0.2) is 24.3 Å². The van der Waals surface area contributed by atoms with Crippen molar-refractivity contribution in [3.05, 3.63) is 24.3 Å². The van der Waals surface area contributed by atoms with Gasteiger partial charge >= 0.3 is 5.97 Å². The van der Waals surface area contributed by atoms with Crippen LogP contribution in [-0.4, -0.2) is 46.9 Å². The second-order valence-corrected chi connectivity index (χ2v) is 16.9. The van der Waals surface area contributed by atoms with E-state index in [4.69, 9.17) is 4.74 Å². The summed E-state index contributed by atoms with van der Waals surface area (Å²) in [4.78, 5) is 26.0. The van der Waals surface area contributed by atoms with E-state index in [-0.39, 0.29) is 24.9 Å². The molecule has 0 saturated carbocycles. The summed E-state index contributed by atoms with van der Waals surface area (Å²) >= 11 is 0. The van der Waals surface area contributed by atoms with Crippen molar-refractivity contribution < 1.29 is 24.5 Å². The molecule has 0 fully saturated rings. The lowest BCUT2D eigenvalue weighted by molar-refractivity contribution is -0.151. The van der Waals surface area contributed by atoms with Crippen molar-refractivity contribution in [2.75, 3.05) is 6.61 Å². The molecule has 0 radical (unpaired) electrons. The summed E-state index contributed by atoms with van der Waals surface area (Å²) in [6.45, 7) is 6.40. The van der Waals surface area contributed by atoms with Crippen molar-refractivity contribution >= 4 is 11.9 Å². The van der Waals surface area contributed by atoms with E-state index in [0.717, 1.165) is 70.6 Å². The van der Waals surface area contributed by atoms with Gasteiger partial charge in [0.15, 0.2) is 0 Å². The lowest BCUT2D eigenvalue weighted by atomic mass is 10.0. The molecule has 0 saturated heterocycles. The van der Waals surface area contributed by atoms with Crippen LogP contribution in [0.4, 0.5) is 0 Å². The second-order valence-electron chi connectivity index (χ2n) is 16.9. The highest BCUT2D eigenvalue weighted by Gasteiger charge is 2.24. The number of unbranched alkanes of at least 4 members (excludes halogenated alkanes) is 28. The number of nitrogens with one attached hydrogen (secondary N) is 1. The van der Waals surface area contributed by atoms with Crippen LogP contribution in [0.5, 0.6) is 0 Å². The number of aliphatic hydroxyl groups excluding tert-OH is 2. The first-order valence-electron chi connectivity index (χ1n) is 24.6. The molecule has 6 nitrogen and oxygen atoms in total. The molecule has 3 atom stereocenters. The summed E-state index contributed by atoms with van der Waals surface area (Å²) in [5, 5.41) is 23.7. The molecule has 0 rings (SSSR count). The van der Waals surface area contributed by atoms with Crippen LogP contribution in [0.1, 0.15) is 258 Å². The molecule has 0 aromatic rings. The highest BCUT2D eigenvalue weighted by atomic mass is 16.5. The largest absolute Gasteiger partial charge is 0.462 e. The van der Waals surface area contributed by atoms with Crippen LogP contribution in [-0.2, 0) is 14.3 Å². The molecular formula is C50H95NO5. The molecule has 0 aromatic carbocycles. The average Bonchev–Trinajstić information content (AvgIpc) is 3.19. The van der Waals surface area contributed by atoms with Crippen LogP contribution in [0.3, 0.4) is 0 Å². The number of carbonyl (C=O) groups is 2. The third kappa shape index (κ3) is 39.2. The van der Waals surface area contributed by atoms with E-state index >= 15 is 0 Å². The Hall–Kier alpha value is -1.66. The number of ether oxygens (including phenoxy) is 1. The number of rotatable bonds is 44. The van der Waals surface area contributed by atoms with E-state index < -0.39 is 18.2 Å². The van der Waals surface area contributed by atoms with E-state index in [1.54, 1.807) is 0 Å². The van der Waals surface area contributed by atoms with Gasteiger partial charge in [-0.2, -0.15) is 0 Å². The molecule has 330 valence electrons. The van der Waals surface area contributed by atoms with Gasteiger partial charge in [-0.15, -0.1) is 0 Å². The molecule has 0 aromatic heterocycles. The molecule has 3 N–H and O–H groups in total. The van der Waals surface area contributed by atoms with Crippen LogP contribution < -0.4 is 5.32 Å². The van der Waals surface area contributed by atoms with Crippen LogP contribution in [0, 0.1) is 0 Å². The maximum Gasteiger partial charge on any atom is 0.306 e. The Bertz CT molecular complexity index is 889. The van der Waals surface area contributed by atoms with E-state index in [0.29, 0.717) is 19.3 Å². The monoisotopic (exact) mass is 790 g/mol. The first-order valence-corrected chi connectivity index (χ1v) is 24.6. The molecule has 0 aliphatic carbocycles. The summed E-state index contributed by atoms with van der Waals surface area (Å²) in [6.07, 6.45) is 49.6. The third-order valence-corrected chi connectivity index (χ3v) is 11.2. The van der Waals surface area contributed by atoms with E-state index in [2.05, 4.69) is 50.4 Å². The molecule has 0 aliphatic rings. The number of hydrogen-bond acceptors (Lipinski definition) is 5. The molecule has 56 heavy (non-hydrogen) atoms. The zero-order chi connectivity index (χ0) is 41.0. The molecule has 0 bridgehead atoms. The SMILES string of the molecule is CCC/C=C\CCCCCC(CC(=O)NC(CO)C(O)CCCCCCCCCCCCCCCC)OC(=O)CCCCCCCCC/C=C\CCCCCC. The second kappa shape index (κ2) is 44.4. The number of hydrogen-bond donors (Lipinski definition) is 3. The number of carbonyl (C=O) groups excluding carboxylic acids is 2. The zero-order valence-corrected chi connectivity index (χ0v) is 37.5. The van der Waals surface area contributed by atoms with Crippen molar-refractivity contribution in [3.63, 3.8) is 0 Å². The summed E-state index contributed by atoms with van der Waals surface area (Å²) in [6, 6.07) is -0.701. The molecule has 0 spiro atoms. The lowest BCUT2D eigenvalue weighted by Crippen LogP contribution is -2.46. The normalized spacial score (nSPS) is 13.4. The smallest absolute Gasteiger partial charge is 0.306 e. The molecule has 0 aliphatic heterocycles. The van der Waals surface area contributed by atoms with Gasteiger partial charge in [-0.25, -0.2) is 0 Å². The number of esters is 1. The standard InChI is InChI=1S/C50H95NO5/c1-4-7-10-13-16-19-21-23-25-27-29-31-34-37-40-43-50(55)56-46(41-38-35-32-18-15-12-9-6-3)44-49(54)51-47(45-52)48(53)42-39-36-33-30-28-26-24-22-20-17-14-11-8-5-2/h12,15,19,21,46-48,52-53H,4-11,13-14,16-18,20,22-45H2,1-3H3,(H,51,54)/b15-12-,21-19-. The van der Waals surface area contributed by atoms with E-state index in [9.17, 15) is 19.8 Å². The highest BCUT2D eigenvalue weighted by molar-refractivity contribution is 5.77. The van der Waals surface area contributed by atoms with Gasteiger partial charge < -0.3 is 20.3 Å². The maximum absolute atomic E-state index is 13.1. The van der Waals surface area contributed by atoms with Gasteiger partial charge in [0, 0.05) is 6.42 Å². The fourth-order valence-corrected chi connectivity index (χ4v) is 7.49. The van der Waals surface area contributed by atoms with E-state index in [1.165, 1.54) is 141 Å². The van der Waals surface area contributed by atoms with Crippen molar-refractivity contribution in [2.24, 2.45) is 0 Å². The van der Waals surface area contributed by atoms with Gasteiger partial charge in [0.2, 0.25) is 5.91 Å². The minimum absolute atomic E-state index is 0.0677.